The van der Waals surface area contributed by atoms with E-state index in [1.165, 1.54) is 14.0 Å². The van der Waals surface area contributed by atoms with Crippen LogP contribution in [0.1, 0.15) is 18.2 Å². The number of alkyl halides is 6. The minimum atomic E-state index is -4.75. The minimum absolute atomic E-state index is 0.0514. The Hall–Kier alpha value is -3.75. The van der Waals surface area contributed by atoms with Crippen molar-refractivity contribution in [1.29, 1.82) is 0 Å². The van der Waals surface area contributed by atoms with Crippen molar-refractivity contribution in [3.63, 3.8) is 0 Å². The van der Waals surface area contributed by atoms with Crippen LogP contribution in [0.3, 0.4) is 0 Å². The van der Waals surface area contributed by atoms with E-state index in [1.54, 1.807) is 0 Å². The Bertz CT molecular complexity index is 1660. The molecule has 8 nitrogen and oxygen atoms in total. The molecule has 15 heteroatoms. The van der Waals surface area contributed by atoms with Crippen molar-refractivity contribution in [2.24, 2.45) is 7.05 Å². The molecule has 4 rings (SSSR count). The Labute approximate surface area is 198 Å². The van der Waals surface area contributed by atoms with Gasteiger partial charge < -0.3 is 0 Å². The lowest BCUT2D eigenvalue weighted by molar-refractivity contribution is -0.141. The highest BCUT2D eigenvalue weighted by Gasteiger charge is 2.35. The van der Waals surface area contributed by atoms with Gasteiger partial charge in [0.25, 0.3) is 5.56 Å². The Balaban J connectivity index is 1.96. The second-order valence-corrected chi connectivity index (χ2v) is 9.89. The monoisotopic (exact) mass is 531 g/mol. The zero-order valence-electron chi connectivity index (χ0n) is 18.4. The SMILES string of the molecule is CCS(=O)(=O)c1cc(-c2cc(C(F)(F)F)nn2C)cnc1-n1ncc2ccc(C(F)(F)F)cc2c1=O. The molecule has 190 valence electrons. The Morgan fingerprint density at radius 1 is 0.972 bits per heavy atom. The smallest absolute Gasteiger partial charge is 0.267 e. The Morgan fingerprint density at radius 2 is 1.67 bits per heavy atom. The average molecular weight is 531 g/mol. The fourth-order valence-corrected chi connectivity index (χ4v) is 4.50. The molecule has 4 aromatic rings. The first-order valence-electron chi connectivity index (χ1n) is 10.1. The summed E-state index contributed by atoms with van der Waals surface area (Å²) in [5.41, 5.74) is -3.53. The molecule has 0 N–H and O–H groups in total. The summed E-state index contributed by atoms with van der Waals surface area (Å²) in [6, 6.07) is 4.17. The zero-order chi connectivity index (χ0) is 26.6. The van der Waals surface area contributed by atoms with Crippen molar-refractivity contribution < 1.29 is 34.8 Å². The van der Waals surface area contributed by atoms with Gasteiger partial charge in [0.15, 0.2) is 21.3 Å². The number of aryl methyl sites for hydroxylation is 1. The number of hydrogen-bond acceptors (Lipinski definition) is 6. The number of sulfone groups is 1. The molecule has 1 aromatic carbocycles. The topological polar surface area (TPSA) is 99.7 Å². The molecule has 0 atom stereocenters. The first-order valence-corrected chi connectivity index (χ1v) is 11.7. The van der Waals surface area contributed by atoms with Crippen molar-refractivity contribution in [1.82, 2.24) is 24.5 Å². The van der Waals surface area contributed by atoms with E-state index in [0.717, 1.165) is 35.3 Å². The summed E-state index contributed by atoms with van der Waals surface area (Å²) in [4.78, 5) is 16.5. The van der Waals surface area contributed by atoms with Gasteiger partial charge in [0.05, 0.1) is 28.6 Å². The van der Waals surface area contributed by atoms with Crippen LogP contribution in [0.4, 0.5) is 26.3 Å². The first kappa shape index (κ1) is 25.3. The van der Waals surface area contributed by atoms with E-state index in [1.807, 2.05) is 0 Å². The van der Waals surface area contributed by atoms with Crippen molar-refractivity contribution in [3.8, 4) is 17.1 Å². The van der Waals surface area contributed by atoms with Gasteiger partial charge >= 0.3 is 12.4 Å². The molecule has 0 aliphatic carbocycles. The van der Waals surface area contributed by atoms with Crippen LogP contribution in [-0.4, -0.2) is 38.7 Å². The predicted octanol–water partition coefficient (Wildman–Crippen LogP) is 4.01. The summed E-state index contributed by atoms with van der Waals surface area (Å²) in [5.74, 6) is -0.978. The van der Waals surface area contributed by atoms with Gasteiger partial charge in [0, 0.05) is 24.2 Å². The second kappa shape index (κ2) is 8.43. The van der Waals surface area contributed by atoms with Gasteiger partial charge in [-0.3, -0.25) is 9.48 Å². The molecule has 0 fully saturated rings. The lowest BCUT2D eigenvalue weighted by Crippen LogP contribution is -2.25. The van der Waals surface area contributed by atoms with Gasteiger partial charge in [-0.05, 0) is 24.3 Å². The van der Waals surface area contributed by atoms with E-state index >= 15 is 0 Å². The average Bonchev–Trinajstić information content (AvgIpc) is 3.20. The Kier molecular flexibility index (Phi) is 5.93. The maximum Gasteiger partial charge on any atom is 0.435 e. The molecule has 0 amide bonds. The highest BCUT2D eigenvalue weighted by Crippen LogP contribution is 2.33. The van der Waals surface area contributed by atoms with Gasteiger partial charge in [-0.2, -0.15) is 41.2 Å². The lowest BCUT2D eigenvalue weighted by atomic mass is 10.1. The van der Waals surface area contributed by atoms with E-state index in [-0.39, 0.29) is 22.0 Å². The molecule has 0 saturated carbocycles. The molecule has 0 radical (unpaired) electrons. The van der Waals surface area contributed by atoms with Crippen LogP contribution in [-0.2, 0) is 29.2 Å². The molecule has 0 unspecified atom stereocenters. The lowest BCUT2D eigenvalue weighted by Gasteiger charge is -2.13. The van der Waals surface area contributed by atoms with Crippen LogP contribution in [0.15, 0.2) is 52.4 Å². The van der Waals surface area contributed by atoms with Gasteiger partial charge in [0.2, 0.25) is 0 Å². The number of fused-ring (bicyclic) bond motifs is 1. The summed E-state index contributed by atoms with van der Waals surface area (Å²) in [7, 11) is -2.92. The van der Waals surface area contributed by atoms with Crippen LogP contribution in [0.5, 0.6) is 0 Å². The quantitative estimate of drug-likeness (QED) is 0.369. The Morgan fingerprint density at radius 3 is 2.25 bits per heavy atom. The first-order chi connectivity index (χ1) is 16.6. The van der Waals surface area contributed by atoms with Crippen molar-refractivity contribution in [3.05, 3.63) is 64.3 Å². The normalized spacial score (nSPS) is 12.9. The fraction of sp³-hybridized carbons (Fsp3) is 0.238. The predicted molar refractivity (Wildman–Crippen MR) is 115 cm³/mol. The number of halogens is 6. The van der Waals surface area contributed by atoms with Gasteiger partial charge in [-0.25, -0.2) is 13.4 Å². The molecule has 0 aliphatic heterocycles. The van der Waals surface area contributed by atoms with E-state index in [9.17, 15) is 39.6 Å². The third-order valence-corrected chi connectivity index (χ3v) is 7.06. The molecule has 0 aliphatic rings. The molecular formula is C21H15F6N5O3S. The molecule has 0 spiro atoms. The summed E-state index contributed by atoms with van der Waals surface area (Å²) in [6.45, 7) is 1.30. The van der Waals surface area contributed by atoms with Crippen molar-refractivity contribution >= 4 is 20.6 Å². The fourth-order valence-electron chi connectivity index (χ4n) is 3.46. The second-order valence-electron chi connectivity index (χ2n) is 7.65. The zero-order valence-corrected chi connectivity index (χ0v) is 19.2. The van der Waals surface area contributed by atoms with E-state index < -0.39 is 55.5 Å². The molecule has 3 heterocycles. The molecule has 0 bridgehead atoms. The summed E-state index contributed by atoms with van der Waals surface area (Å²) < 4.78 is 106. The summed E-state index contributed by atoms with van der Waals surface area (Å²) >= 11 is 0. The largest absolute Gasteiger partial charge is 0.435 e. The highest BCUT2D eigenvalue weighted by atomic mass is 32.2. The van der Waals surface area contributed by atoms with Gasteiger partial charge in [0.1, 0.15) is 4.90 Å². The van der Waals surface area contributed by atoms with Crippen molar-refractivity contribution in [2.75, 3.05) is 5.75 Å². The molecule has 0 saturated heterocycles. The standard InChI is InChI=1S/C21H15F6N5O3S/c1-3-36(34,35)16-6-12(15-8-17(21(25,26)27)30-31(15)2)9-28-18(16)32-19(33)14-7-13(20(22,23)24)5-4-11(14)10-29-32/h4-10H,3H2,1-2H3. The van der Waals surface area contributed by atoms with Gasteiger partial charge in [-0.1, -0.05) is 13.0 Å². The number of benzene rings is 1. The number of pyridine rings is 1. The number of aromatic nitrogens is 5. The number of hydrogen-bond donors (Lipinski definition) is 0. The van der Waals surface area contributed by atoms with Crippen LogP contribution in [0.2, 0.25) is 0 Å². The highest BCUT2D eigenvalue weighted by molar-refractivity contribution is 7.91. The van der Waals surface area contributed by atoms with E-state index in [4.69, 9.17) is 0 Å². The van der Waals surface area contributed by atoms with Crippen LogP contribution < -0.4 is 5.56 Å². The molecule has 3 aromatic heterocycles. The van der Waals surface area contributed by atoms with Crippen LogP contribution >= 0.6 is 0 Å². The minimum Gasteiger partial charge on any atom is -0.267 e. The summed E-state index contributed by atoms with van der Waals surface area (Å²) in [5, 5.41) is 6.94. The van der Waals surface area contributed by atoms with Crippen LogP contribution in [0.25, 0.3) is 27.8 Å². The third-order valence-electron chi connectivity index (χ3n) is 5.33. The third kappa shape index (κ3) is 4.45. The van der Waals surface area contributed by atoms with E-state index in [0.29, 0.717) is 16.8 Å². The molecule has 36 heavy (non-hydrogen) atoms. The summed E-state index contributed by atoms with van der Waals surface area (Å²) in [6.07, 6.45) is -7.39. The maximum absolute atomic E-state index is 13.2. The number of nitrogens with zero attached hydrogens (tertiary/aromatic N) is 5. The molecular weight excluding hydrogens is 516 g/mol. The maximum atomic E-state index is 13.2. The van der Waals surface area contributed by atoms with Crippen molar-refractivity contribution in [2.45, 2.75) is 24.2 Å². The van der Waals surface area contributed by atoms with Gasteiger partial charge in [-0.15, -0.1) is 0 Å². The van der Waals surface area contributed by atoms with Crippen LogP contribution in [0, 0.1) is 0 Å². The van der Waals surface area contributed by atoms with E-state index in [2.05, 4.69) is 15.2 Å². The number of rotatable bonds is 4.